The molecule has 0 radical (unpaired) electrons. The Morgan fingerprint density at radius 1 is 1.11 bits per heavy atom. The van der Waals surface area contributed by atoms with E-state index < -0.39 is 37.3 Å². The van der Waals surface area contributed by atoms with Gasteiger partial charge in [-0.1, -0.05) is 0 Å². The SMILES string of the molecule is CCO[Si](C)(C)C(F)(F)Oc1ccc(F)c(F)c1F. The Morgan fingerprint density at radius 2 is 1.68 bits per heavy atom. The second-order valence-corrected chi connectivity index (χ2v) is 8.13. The third-order valence-corrected chi connectivity index (χ3v) is 4.96. The molecule has 1 rings (SSSR count). The summed E-state index contributed by atoms with van der Waals surface area (Å²) in [7, 11) is -3.61. The lowest BCUT2D eigenvalue weighted by atomic mass is 10.3. The lowest BCUT2D eigenvalue weighted by Crippen LogP contribution is -2.54. The first kappa shape index (κ1) is 15.9. The van der Waals surface area contributed by atoms with Crippen LogP contribution in [0.2, 0.25) is 13.1 Å². The van der Waals surface area contributed by atoms with Crippen molar-refractivity contribution in [1.29, 1.82) is 0 Å². The van der Waals surface area contributed by atoms with Crippen LogP contribution in [-0.2, 0) is 4.43 Å². The standard InChI is InChI=1S/C11H13F5O2Si/c1-4-17-19(2,3)11(15,16)18-8-6-5-7(12)9(13)10(8)14/h5-6H,4H2,1-3H3. The van der Waals surface area contributed by atoms with Gasteiger partial charge in [-0.2, -0.15) is 13.2 Å². The molecule has 0 spiro atoms. The Morgan fingerprint density at radius 3 is 2.21 bits per heavy atom. The Labute approximate surface area is 108 Å². The molecular formula is C11H13F5O2Si. The van der Waals surface area contributed by atoms with E-state index in [4.69, 9.17) is 4.43 Å². The molecule has 108 valence electrons. The summed E-state index contributed by atoms with van der Waals surface area (Å²) in [5, 5.41) is 0. The third-order valence-electron chi connectivity index (χ3n) is 2.44. The fourth-order valence-electron chi connectivity index (χ4n) is 1.29. The van der Waals surface area contributed by atoms with Gasteiger partial charge in [0.2, 0.25) is 5.82 Å². The highest BCUT2D eigenvalue weighted by Gasteiger charge is 2.54. The van der Waals surface area contributed by atoms with Crippen LogP contribution < -0.4 is 4.74 Å². The molecule has 0 amide bonds. The molecule has 0 heterocycles. The molecule has 0 N–H and O–H groups in total. The van der Waals surface area contributed by atoms with Gasteiger partial charge in [0.05, 0.1) is 0 Å². The molecule has 0 aliphatic heterocycles. The molecule has 0 bridgehead atoms. The summed E-state index contributed by atoms with van der Waals surface area (Å²) in [4.78, 5) is 0. The summed E-state index contributed by atoms with van der Waals surface area (Å²) in [5.41, 5.74) is -3.78. The highest BCUT2D eigenvalue weighted by atomic mass is 28.4. The second kappa shape index (κ2) is 5.46. The van der Waals surface area contributed by atoms with Crippen LogP contribution in [0.4, 0.5) is 22.0 Å². The lowest BCUT2D eigenvalue weighted by Gasteiger charge is -2.30. The molecule has 1 aromatic rings. The number of ether oxygens (including phenoxy) is 1. The van der Waals surface area contributed by atoms with E-state index in [9.17, 15) is 22.0 Å². The lowest BCUT2D eigenvalue weighted by molar-refractivity contribution is -0.124. The summed E-state index contributed by atoms with van der Waals surface area (Å²) in [6.45, 7) is 3.92. The molecule has 2 nitrogen and oxygen atoms in total. The van der Waals surface area contributed by atoms with Crippen LogP contribution in [0.15, 0.2) is 12.1 Å². The van der Waals surface area contributed by atoms with Gasteiger partial charge in [0.25, 0.3) is 0 Å². The average Bonchev–Trinajstić information content (AvgIpc) is 2.30. The van der Waals surface area contributed by atoms with Crippen LogP contribution in [-0.4, -0.2) is 20.7 Å². The van der Waals surface area contributed by atoms with Crippen LogP contribution in [0.5, 0.6) is 5.75 Å². The smallest absolute Gasteiger partial charge is 0.395 e. The van der Waals surface area contributed by atoms with Crippen molar-refractivity contribution >= 4 is 8.32 Å². The van der Waals surface area contributed by atoms with E-state index in [0.717, 1.165) is 0 Å². The largest absolute Gasteiger partial charge is 0.431 e. The predicted octanol–water partition coefficient (Wildman–Crippen LogP) is 3.86. The Bertz CT molecular complexity index is 465. The molecule has 0 aliphatic rings. The summed E-state index contributed by atoms with van der Waals surface area (Å²) in [6.07, 6.45) is 0. The van der Waals surface area contributed by atoms with Crippen molar-refractivity contribution in [2.75, 3.05) is 6.61 Å². The van der Waals surface area contributed by atoms with Crippen molar-refractivity contribution in [3.63, 3.8) is 0 Å². The summed E-state index contributed by atoms with van der Waals surface area (Å²) >= 11 is 0. The van der Waals surface area contributed by atoms with Crippen molar-refractivity contribution in [3.05, 3.63) is 29.6 Å². The molecule has 0 aromatic heterocycles. The quantitative estimate of drug-likeness (QED) is 0.467. The van der Waals surface area contributed by atoms with Crippen molar-refractivity contribution in [1.82, 2.24) is 0 Å². The van der Waals surface area contributed by atoms with Gasteiger partial charge in [-0.05, 0) is 32.2 Å². The Kier molecular flexibility index (Phi) is 4.57. The molecule has 0 aliphatic carbocycles. The fourth-order valence-corrected chi connectivity index (χ4v) is 2.54. The van der Waals surface area contributed by atoms with Gasteiger partial charge in [0.15, 0.2) is 17.4 Å². The third kappa shape index (κ3) is 3.24. The van der Waals surface area contributed by atoms with Crippen LogP contribution >= 0.6 is 0 Å². The monoisotopic (exact) mass is 300 g/mol. The maximum absolute atomic E-state index is 13.8. The topological polar surface area (TPSA) is 18.5 Å². The van der Waals surface area contributed by atoms with Crippen LogP contribution in [0, 0.1) is 17.5 Å². The number of halogens is 5. The van der Waals surface area contributed by atoms with E-state index >= 15 is 0 Å². The van der Waals surface area contributed by atoms with E-state index in [1.807, 2.05) is 0 Å². The highest BCUT2D eigenvalue weighted by Crippen LogP contribution is 2.33. The van der Waals surface area contributed by atoms with Gasteiger partial charge in [-0.15, -0.1) is 0 Å². The molecule has 0 saturated heterocycles. The van der Waals surface area contributed by atoms with E-state index in [2.05, 4.69) is 4.74 Å². The van der Waals surface area contributed by atoms with E-state index in [1.165, 1.54) is 20.0 Å². The molecule has 0 fully saturated rings. The van der Waals surface area contributed by atoms with Gasteiger partial charge < -0.3 is 9.16 Å². The number of hydrogen-bond acceptors (Lipinski definition) is 2. The molecule has 0 atom stereocenters. The molecule has 1 aromatic carbocycles. The van der Waals surface area contributed by atoms with E-state index in [0.29, 0.717) is 12.1 Å². The zero-order valence-corrected chi connectivity index (χ0v) is 11.6. The first-order chi connectivity index (χ1) is 8.62. The number of alkyl halides is 2. The summed E-state index contributed by atoms with van der Waals surface area (Å²) < 4.78 is 75.6. The zero-order valence-electron chi connectivity index (χ0n) is 10.6. The maximum Gasteiger partial charge on any atom is 0.395 e. The minimum absolute atomic E-state index is 0.0401. The molecule has 0 saturated carbocycles. The van der Waals surface area contributed by atoms with E-state index in [-0.39, 0.29) is 6.61 Å². The Balaban J connectivity index is 3.05. The normalized spacial score (nSPS) is 12.6. The molecule has 0 unspecified atom stereocenters. The average molecular weight is 300 g/mol. The molecular weight excluding hydrogens is 287 g/mol. The summed E-state index contributed by atoms with van der Waals surface area (Å²) in [5.74, 6) is -6.18. The molecule has 19 heavy (non-hydrogen) atoms. The second-order valence-electron chi connectivity index (χ2n) is 4.24. The van der Waals surface area contributed by atoms with Gasteiger partial charge in [0, 0.05) is 6.61 Å². The van der Waals surface area contributed by atoms with Crippen molar-refractivity contribution < 1.29 is 31.1 Å². The van der Waals surface area contributed by atoms with Gasteiger partial charge >= 0.3 is 14.0 Å². The van der Waals surface area contributed by atoms with Crippen molar-refractivity contribution in [2.45, 2.75) is 25.7 Å². The highest BCUT2D eigenvalue weighted by molar-refractivity contribution is 6.73. The molecule has 8 heteroatoms. The Hall–Kier alpha value is -1.15. The van der Waals surface area contributed by atoms with Crippen LogP contribution in [0.25, 0.3) is 0 Å². The van der Waals surface area contributed by atoms with Crippen LogP contribution in [0.1, 0.15) is 6.92 Å². The van der Waals surface area contributed by atoms with Gasteiger partial charge in [-0.3, -0.25) is 0 Å². The van der Waals surface area contributed by atoms with Crippen molar-refractivity contribution in [3.8, 4) is 5.75 Å². The zero-order chi connectivity index (χ0) is 14.8. The fraction of sp³-hybridized carbons (Fsp3) is 0.455. The minimum atomic E-state index is -3.78. The summed E-state index contributed by atoms with van der Waals surface area (Å²) in [6, 6.07) is 1.12. The first-order valence-electron chi connectivity index (χ1n) is 5.46. The van der Waals surface area contributed by atoms with Gasteiger partial charge in [-0.25, -0.2) is 8.78 Å². The predicted molar refractivity (Wildman–Crippen MR) is 61.0 cm³/mol. The maximum atomic E-state index is 13.8. The number of benzene rings is 1. The minimum Gasteiger partial charge on any atom is -0.431 e. The number of hydrogen-bond donors (Lipinski definition) is 0. The van der Waals surface area contributed by atoms with Crippen LogP contribution in [0.3, 0.4) is 0 Å². The first-order valence-corrected chi connectivity index (χ1v) is 8.37. The van der Waals surface area contributed by atoms with Crippen molar-refractivity contribution in [2.24, 2.45) is 0 Å². The van der Waals surface area contributed by atoms with Gasteiger partial charge in [0.1, 0.15) is 0 Å². The van der Waals surface area contributed by atoms with E-state index in [1.54, 1.807) is 0 Å². The number of rotatable bonds is 5.